The molecule has 2 heterocycles. The largest absolute Gasteiger partial charge is 0.360 e. The Bertz CT molecular complexity index is 885. The van der Waals surface area contributed by atoms with E-state index >= 15 is 0 Å². The molecule has 0 spiro atoms. The van der Waals surface area contributed by atoms with Gasteiger partial charge in [-0.25, -0.2) is 9.07 Å². The predicted octanol–water partition coefficient (Wildman–Crippen LogP) is 3.61. The molecule has 6 nitrogen and oxygen atoms in total. The van der Waals surface area contributed by atoms with Gasteiger partial charge >= 0.3 is 0 Å². The molecule has 0 aliphatic heterocycles. The van der Waals surface area contributed by atoms with Crippen LogP contribution in [0.25, 0.3) is 5.69 Å². The Morgan fingerprint density at radius 3 is 2.72 bits per heavy atom. The fourth-order valence-corrected chi connectivity index (χ4v) is 2.35. The summed E-state index contributed by atoms with van der Waals surface area (Å²) in [4.78, 5) is 12.3. The molecule has 1 amide bonds. The van der Waals surface area contributed by atoms with E-state index in [1.807, 2.05) is 20.8 Å². The Morgan fingerprint density at radius 1 is 1.28 bits per heavy atom. The van der Waals surface area contributed by atoms with E-state index in [0.29, 0.717) is 11.4 Å². The van der Waals surface area contributed by atoms with Crippen LogP contribution in [0.3, 0.4) is 0 Å². The molecule has 0 saturated carbocycles. The van der Waals surface area contributed by atoms with Crippen molar-refractivity contribution in [3.8, 4) is 5.69 Å². The third kappa shape index (κ3) is 3.60. The molecule has 0 bridgehead atoms. The van der Waals surface area contributed by atoms with Crippen LogP contribution in [-0.4, -0.2) is 20.8 Å². The summed E-state index contributed by atoms with van der Waals surface area (Å²) >= 11 is 0. The number of nitrogens with zero attached hydrogens (tertiary/aromatic N) is 3. The summed E-state index contributed by atoms with van der Waals surface area (Å²) in [7, 11) is 0. The van der Waals surface area contributed by atoms with Gasteiger partial charge in [0.05, 0.1) is 12.2 Å². The van der Waals surface area contributed by atoms with Gasteiger partial charge in [-0.15, -0.1) is 0 Å². The Hall–Kier alpha value is -2.96. The predicted molar refractivity (Wildman–Crippen MR) is 90.0 cm³/mol. The van der Waals surface area contributed by atoms with Crippen LogP contribution in [0, 0.1) is 5.82 Å². The first-order valence-corrected chi connectivity index (χ1v) is 8.02. The molecule has 130 valence electrons. The molecule has 0 radical (unpaired) electrons. The normalized spacial score (nSPS) is 12.4. The van der Waals surface area contributed by atoms with Crippen molar-refractivity contribution in [2.24, 2.45) is 0 Å². The molecule has 25 heavy (non-hydrogen) atoms. The molecule has 0 aliphatic carbocycles. The Labute approximate surface area is 144 Å². The number of hydrogen-bond acceptors (Lipinski definition) is 4. The molecular weight excluding hydrogens is 323 g/mol. The molecule has 0 saturated heterocycles. The van der Waals surface area contributed by atoms with Crippen molar-refractivity contribution in [3.05, 3.63) is 65.6 Å². The van der Waals surface area contributed by atoms with Gasteiger partial charge in [-0.1, -0.05) is 31.1 Å². The zero-order valence-electron chi connectivity index (χ0n) is 14.2. The molecule has 3 rings (SSSR count). The first-order chi connectivity index (χ1) is 12.0. The fraction of sp³-hybridized carbons (Fsp3) is 0.278. The molecule has 0 fully saturated rings. The minimum Gasteiger partial charge on any atom is -0.360 e. The van der Waals surface area contributed by atoms with E-state index in [1.165, 1.54) is 10.7 Å². The van der Waals surface area contributed by atoms with E-state index in [0.717, 1.165) is 5.56 Å². The molecule has 0 aliphatic rings. The third-order valence-electron chi connectivity index (χ3n) is 3.88. The van der Waals surface area contributed by atoms with E-state index in [4.69, 9.17) is 4.52 Å². The van der Waals surface area contributed by atoms with E-state index in [1.54, 1.807) is 36.7 Å². The maximum Gasteiger partial charge on any atom is 0.273 e. The van der Waals surface area contributed by atoms with Gasteiger partial charge in [0.15, 0.2) is 5.69 Å². The summed E-state index contributed by atoms with van der Waals surface area (Å²) in [5.74, 6) is 0.120. The number of hydrogen-bond donors (Lipinski definition) is 1. The topological polar surface area (TPSA) is 73.0 Å². The maximum atomic E-state index is 13.8. The zero-order chi connectivity index (χ0) is 18.0. The minimum atomic E-state index is -0.363. The molecular formula is C18H19FN4O2. The lowest BCUT2D eigenvalue weighted by Crippen LogP contribution is -2.26. The van der Waals surface area contributed by atoms with E-state index in [2.05, 4.69) is 15.6 Å². The van der Waals surface area contributed by atoms with Crippen LogP contribution in [0.4, 0.5) is 4.39 Å². The van der Waals surface area contributed by atoms with Gasteiger partial charge in [0, 0.05) is 23.7 Å². The van der Waals surface area contributed by atoms with Crippen molar-refractivity contribution < 1.29 is 13.7 Å². The minimum absolute atomic E-state index is 0.158. The second-order valence-electron chi connectivity index (χ2n) is 6.13. The smallest absolute Gasteiger partial charge is 0.273 e. The van der Waals surface area contributed by atoms with Crippen LogP contribution in [0.15, 0.2) is 47.2 Å². The van der Waals surface area contributed by atoms with Crippen molar-refractivity contribution in [3.63, 3.8) is 0 Å². The number of carbonyl (C=O) groups is 1. The number of para-hydroxylation sites is 1. The van der Waals surface area contributed by atoms with Gasteiger partial charge in [-0.3, -0.25) is 4.79 Å². The highest BCUT2D eigenvalue weighted by Gasteiger charge is 2.18. The monoisotopic (exact) mass is 342 g/mol. The van der Waals surface area contributed by atoms with E-state index in [-0.39, 0.29) is 29.4 Å². The van der Waals surface area contributed by atoms with Crippen LogP contribution >= 0.6 is 0 Å². The third-order valence-corrected chi connectivity index (χ3v) is 3.88. The lowest BCUT2D eigenvalue weighted by atomic mass is 10.1. The molecule has 1 atom stereocenters. The Morgan fingerprint density at radius 2 is 2.04 bits per heavy atom. The molecule has 1 aromatic carbocycles. The SMILES string of the molecule is CC(C)c1cc(C(=O)N[C@@H](C)c2cnn(-c3ccccc3F)c2)no1. The molecule has 3 aromatic rings. The number of aromatic nitrogens is 3. The van der Waals surface area contributed by atoms with Crippen LogP contribution in [0.5, 0.6) is 0 Å². The highest BCUT2D eigenvalue weighted by molar-refractivity contribution is 5.92. The number of nitrogens with one attached hydrogen (secondary N) is 1. The van der Waals surface area contributed by atoms with Gasteiger partial charge < -0.3 is 9.84 Å². The summed E-state index contributed by atoms with van der Waals surface area (Å²) in [5, 5.41) is 10.8. The average molecular weight is 342 g/mol. The standard InChI is InChI=1S/C18H19FN4O2/c1-11(2)17-8-15(22-25-17)18(24)21-12(3)13-9-20-23(10-13)16-7-5-4-6-14(16)19/h4-12H,1-3H3,(H,21,24)/t12-/m0/s1. The van der Waals surface area contributed by atoms with E-state index < -0.39 is 0 Å². The first kappa shape index (κ1) is 16.9. The molecule has 2 aromatic heterocycles. The highest BCUT2D eigenvalue weighted by Crippen LogP contribution is 2.18. The van der Waals surface area contributed by atoms with Crippen molar-refractivity contribution in [1.82, 2.24) is 20.3 Å². The molecule has 1 N–H and O–H groups in total. The number of halogens is 1. The maximum absolute atomic E-state index is 13.8. The second-order valence-corrected chi connectivity index (χ2v) is 6.13. The first-order valence-electron chi connectivity index (χ1n) is 8.02. The van der Waals surface area contributed by atoms with Crippen LogP contribution in [0.2, 0.25) is 0 Å². The average Bonchev–Trinajstić information content (AvgIpc) is 3.25. The Balaban J connectivity index is 1.72. The number of rotatable bonds is 5. The van der Waals surface area contributed by atoms with Crippen LogP contribution in [-0.2, 0) is 0 Å². The number of carbonyl (C=O) groups excluding carboxylic acids is 1. The zero-order valence-corrected chi connectivity index (χ0v) is 14.2. The molecule has 0 unspecified atom stereocenters. The summed E-state index contributed by atoms with van der Waals surface area (Å²) in [6.45, 7) is 5.74. The van der Waals surface area contributed by atoms with Crippen molar-refractivity contribution in [1.29, 1.82) is 0 Å². The van der Waals surface area contributed by atoms with Gasteiger partial charge in [-0.2, -0.15) is 5.10 Å². The highest BCUT2D eigenvalue weighted by atomic mass is 19.1. The fourth-order valence-electron chi connectivity index (χ4n) is 2.35. The van der Waals surface area contributed by atoms with Crippen molar-refractivity contribution in [2.45, 2.75) is 32.7 Å². The van der Waals surface area contributed by atoms with Gasteiger partial charge in [-0.05, 0) is 19.1 Å². The quantitative estimate of drug-likeness (QED) is 0.769. The second kappa shape index (κ2) is 6.88. The van der Waals surface area contributed by atoms with E-state index in [9.17, 15) is 9.18 Å². The van der Waals surface area contributed by atoms with Crippen LogP contribution < -0.4 is 5.32 Å². The molecule has 7 heteroatoms. The van der Waals surface area contributed by atoms with Crippen LogP contribution in [0.1, 0.15) is 54.5 Å². The number of amides is 1. The summed E-state index contributed by atoms with van der Waals surface area (Å²) in [6, 6.07) is 7.69. The summed E-state index contributed by atoms with van der Waals surface area (Å²) in [5.41, 5.74) is 1.34. The van der Waals surface area contributed by atoms with Crippen molar-refractivity contribution in [2.75, 3.05) is 0 Å². The summed E-state index contributed by atoms with van der Waals surface area (Å²) < 4.78 is 20.4. The lowest BCUT2D eigenvalue weighted by Gasteiger charge is -2.10. The van der Waals surface area contributed by atoms with Gasteiger partial charge in [0.25, 0.3) is 5.91 Å². The van der Waals surface area contributed by atoms with Gasteiger partial charge in [0.2, 0.25) is 0 Å². The number of benzene rings is 1. The summed E-state index contributed by atoms with van der Waals surface area (Å²) in [6.07, 6.45) is 3.28. The van der Waals surface area contributed by atoms with Crippen molar-refractivity contribution >= 4 is 5.91 Å². The van der Waals surface area contributed by atoms with Gasteiger partial charge in [0.1, 0.15) is 17.3 Å². The Kier molecular flexibility index (Phi) is 4.65. The lowest BCUT2D eigenvalue weighted by molar-refractivity contribution is 0.0930.